The Morgan fingerprint density at radius 2 is 0.857 bits per heavy atom. The van der Waals surface area contributed by atoms with Crippen molar-refractivity contribution in [2.45, 2.75) is 107 Å². The van der Waals surface area contributed by atoms with E-state index in [1.165, 1.54) is 49.6 Å². The van der Waals surface area contributed by atoms with Gasteiger partial charge in [-0.3, -0.25) is 0 Å². The van der Waals surface area contributed by atoms with Crippen molar-refractivity contribution >= 4 is 26.9 Å². The summed E-state index contributed by atoms with van der Waals surface area (Å²) < 4.78 is 10.1. The Bertz CT molecular complexity index is 748. The quantitative estimate of drug-likeness (QED) is 0.451. The van der Waals surface area contributed by atoms with Gasteiger partial charge in [-0.05, 0) is 55.4 Å². The van der Waals surface area contributed by atoms with Crippen LogP contribution in [0.4, 0.5) is 0 Å². The van der Waals surface area contributed by atoms with E-state index < -0.39 is 0 Å². The molecule has 2 aromatic rings. The van der Waals surface area contributed by atoms with Crippen LogP contribution < -0.4 is 20.3 Å². The summed E-state index contributed by atoms with van der Waals surface area (Å²) in [6.45, 7) is 27.5. The Morgan fingerprint density at radius 3 is 1.07 bits per heavy atom. The molecule has 2 aromatic heterocycles. The van der Waals surface area contributed by atoms with E-state index in [-0.39, 0.29) is 0 Å². The Kier molecular flexibility index (Phi) is 7.32. The van der Waals surface area contributed by atoms with E-state index in [0.29, 0.717) is 24.2 Å². The highest BCUT2D eigenvalue weighted by molar-refractivity contribution is 7.90. The molecule has 156 valence electrons. The summed E-state index contributed by atoms with van der Waals surface area (Å²) in [6, 6.07) is 1.87. The Morgan fingerprint density at radius 1 is 0.571 bits per heavy atom. The van der Waals surface area contributed by atoms with Crippen molar-refractivity contribution in [1.82, 2.24) is 9.13 Å². The zero-order chi connectivity index (χ0) is 21.5. The first kappa shape index (κ1) is 23.3. The Hall–Kier alpha value is -0.980. The van der Waals surface area contributed by atoms with Crippen molar-refractivity contribution in [3.05, 3.63) is 22.8 Å². The minimum atomic E-state index is 0.467. The fraction of sp³-hybridized carbons (Fsp3) is 0.727. The number of rotatable bonds is 6. The summed E-state index contributed by atoms with van der Waals surface area (Å²) in [7, 11) is 2.69. The van der Waals surface area contributed by atoms with Gasteiger partial charge in [0, 0.05) is 27.7 Å². The maximum atomic E-state index is 2.53. The molecule has 0 amide bonds. The van der Waals surface area contributed by atoms with Crippen LogP contribution in [0.15, 0.2) is 0 Å². The summed E-state index contributed by atoms with van der Waals surface area (Å²) in [5, 5.41) is 0. The zero-order valence-corrected chi connectivity index (χ0v) is 21.8. The van der Waals surface area contributed by atoms with E-state index in [2.05, 4.69) is 101 Å². The molecule has 28 heavy (non-hydrogen) atoms. The van der Waals surface area contributed by atoms with E-state index in [1.807, 2.05) is 0 Å². The molecule has 0 unspecified atom stereocenters. The van der Waals surface area contributed by atoms with Gasteiger partial charge in [-0.1, -0.05) is 0 Å². The van der Waals surface area contributed by atoms with Gasteiger partial charge in [0.1, 0.15) is 22.8 Å². The van der Waals surface area contributed by atoms with Gasteiger partial charge >= 0.3 is 11.1 Å². The smallest absolute Gasteiger partial charge is 0.221 e. The lowest BCUT2D eigenvalue weighted by molar-refractivity contribution is -0.704. The van der Waals surface area contributed by atoms with Gasteiger partial charge in [0.25, 0.3) is 0 Å². The van der Waals surface area contributed by atoms with Gasteiger partial charge in [-0.2, -0.15) is 0 Å². The molecule has 0 aliphatic rings. The number of imidazole rings is 2. The zero-order valence-electron chi connectivity index (χ0n) is 20.0. The molecule has 0 saturated heterocycles. The van der Waals surface area contributed by atoms with E-state index in [0.717, 1.165) is 0 Å². The van der Waals surface area contributed by atoms with Crippen LogP contribution in [0.3, 0.4) is 0 Å². The van der Waals surface area contributed by atoms with Crippen molar-refractivity contribution < 1.29 is 9.13 Å². The highest BCUT2D eigenvalue weighted by Gasteiger charge is 2.31. The molecule has 0 aliphatic heterocycles. The molecule has 0 aromatic carbocycles. The first-order chi connectivity index (χ1) is 12.9. The van der Waals surface area contributed by atoms with Gasteiger partial charge < -0.3 is 0 Å². The topological polar surface area (TPSA) is 17.6 Å². The van der Waals surface area contributed by atoms with Crippen LogP contribution in [0.5, 0.6) is 0 Å². The second-order valence-corrected chi connectivity index (χ2v) is 11.4. The maximum absolute atomic E-state index is 2.53. The summed E-state index contributed by atoms with van der Waals surface area (Å²) >= 11 is 0. The molecule has 0 atom stereocenters. The molecule has 0 spiro atoms. The van der Waals surface area contributed by atoms with Crippen molar-refractivity contribution in [2.24, 2.45) is 0 Å². The SMILES string of the molecule is Cc1c(C)[n+](C(C)C)c(P=Pc2n(C(C)C)c(C)c(C)[n+]2C(C)C)n1C(C)C. The monoisotopic (exact) mass is 422 g/mol. The van der Waals surface area contributed by atoms with Crippen LogP contribution >= 0.6 is 15.7 Å². The summed E-state index contributed by atoms with van der Waals surface area (Å²) in [6.07, 6.45) is 0. The van der Waals surface area contributed by atoms with Crippen LogP contribution in [-0.4, -0.2) is 9.13 Å². The molecule has 0 radical (unpaired) electrons. The number of hydrogen-bond donors (Lipinski definition) is 0. The molecule has 4 nitrogen and oxygen atoms in total. The van der Waals surface area contributed by atoms with Crippen LogP contribution in [0.25, 0.3) is 0 Å². The molecule has 2 heterocycles. The van der Waals surface area contributed by atoms with Gasteiger partial charge in [0.2, 0.25) is 0 Å². The number of hydrogen-bond acceptors (Lipinski definition) is 0. The van der Waals surface area contributed by atoms with Crippen LogP contribution in [0, 0.1) is 27.7 Å². The predicted molar refractivity (Wildman–Crippen MR) is 123 cm³/mol. The molecule has 0 saturated carbocycles. The number of nitrogens with zero attached hydrogens (tertiary/aromatic N) is 4. The normalized spacial score (nSPS) is 12.7. The lowest BCUT2D eigenvalue weighted by atomic mass is 10.3. The third-order valence-corrected chi connectivity index (χ3v) is 8.34. The van der Waals surface area contributed by atoms with Gasteiger partial charge in [-0.25, -0.2) is 18.3 Å². The van der Waals surface area contributed by atoms with Crippen molar-refractivity contribution in [1.29, 1.82) is 0 Å². The molecule has 0 bridgehead atoms. The largest absolute Gasteiger partial charge is 0.312 e. The fourth-order valence-corrected chi connectivity index (χ4v) is 8.07. The van der Waals surface area contributed by atoms with Gasteiger partial charge in [-0.15, -0.1) is 0 Å². The fourth-order valence-electron chi connectivity index (χ4n) is 4.28. The van der Waals surface area contributed by atoms with Crippen LogP contribution in [0.2, 0.25) is 0 Å². The number of aromatic nitrogens is 4. The van der Waals surface area contributed by atoms with Crippen molar-refractivity contribution in [3.8, 4) is 0 Å². The molecular formula is C22H40N4P2+2. The molecular weight excluding hydrogens is 382 g/mol. The highest BCUT2D eigenvalue weighted by atomic mass is 31.7. The highest BCUT2D eigenvalue weighted by Crippen LogP contribution is 2.23. The summed E-state index contributed by atoms with van der Waals surface area (Å²) in [5.41, 5.74) is 8.41. The Labute approximate surface area is 175 Å². The second kappa shape index (κ2) is 8.80. The summed E-state index contributed by atoms with van der Waals surface area (Å²) in [5.74, 6) is 0. The Balaban J connectivity index is 2.78. The van der Waals surface area contributed by atoms with E-state index in [1.54, 1.807) is 0 Å². The predicted octanol–water partition coefficient (Wildman–Crippen LogP) is 5.18. The lowest BCUT2D eigenvalue weighted by Crippen LogP contribution is -2.51. The molecule has 0 fully saturated rings. The van der Waals surface area contributed by atoms with Crippen molar-refractivity contribution in [2.75, 3.05) is 0 Å². The van der Waals surface area contributed by atoms with E-state index >= 15 is 0 Å². The third kappa shape index (κ3) is 4.01. The average Bonchev–Trinajstić information content (AvgIpc) is 2.97. The van der Waals surface area contributed by atoms with E-state index in [4.69, 9.17) is 0 Å². The average molecular weight is 423 g/mol. The second-order valence-electron chi connectivity index (χ2n) is 9.00. The molecule has 0 aliphatic carbocycles. The van der Waals surface area contributed by atoms with Gasteiger partial charge in [0.15, 0.2) is 0 Å². The lowest BCUT2D eigenvalue weighted by Gasteiger charge is -2.09. The van der Waals surface area contributed by atoms with E-state index in [9.17, 15) is 0 Å². The molecule has 6 heteroatoms. The minimum Gasteiger partial charge on any atom is -0.221 e. The van der Waals surface area contributed by atoms with Gasteiger partial charge in [0.05, 0.1) is 39.9 Å². The van der Waals surface area contributed by atoms with Crippen molar-refractivity contribution in [3.63, 3.8) is 0 Å². The standard InChI is InChI=1S/C22H40N4P2/c1-13(2)23-17(9)18(10)24(14(3)4)21(23)27-28-22-25(15(5)6)19(11)20(12)26(22)16(7)8/h13-16H,1-12H3/q+2. The first-order valence-electron chi connectivity index (χ1n) is 10.6. The third-order valence-electron chi connectivity index (χ3n) is 5.65. The maximum Gasteiger partial charge on any atom is 0.312 e. The van der Waals surface area contributed by atoms with Crippen LogP contribution in [-0.2, 0) is 0 Å². The minimum absolute atomic E-state index is 0.467. The molecule has 2 rings (SSSR count). The summed E-state index contributed by atoms with van der Waals surface area (Å²) in [4.78, 5) is 0. The molecule has 0 N–H and O–H groups in total. The first-order valence-corrected chi connectivity index (χ1v) is 13.1. The van der Waals surface area contributed by atoms with Crippen LogP contribution in [0.1, 0.15) is 102 Å².